The molecule has 0 unspecified atom stereocenters. The Hall–Kier alpha value is -6.90. The average molecular weight is 731 g/mol. The van der Waals surface area contributed by atoms with Crippen molar-refractivity contribution in [3.63, 3.8) is 0 Å². The van der Waals surface area contributed by atoms with Crippen LogP contribution in [0.1, 0.15) is 58.4 Å². The van der Waals surface area contributed by atoms with Gasteiger partial charge in [0.25, 0.3) is 0 Å². The van der Waals surface area contributed by atoms with Crippen molar-refractivity contribution >= 4 is 69.2 Å². The van der Waals surface area contributed by atoms with E-state index in [2.05, 4.69) is 218 Å². The zero-order valence-corrected chi connectivity index (χ0v) is 32.3. The topological polar surface area (TPSA) is 6.48 Å². The number of anilines is 6. The Bertz CT molecular complexity index is 2860. The van der Waals surface area contributed by atoms with Crippen molar-refractivity contribution in [3.8, 4) is 11.1 Å². The molecule has 0 bridgehead atoms. The highest BCUT2D eigenvalue weighted by atomic mass is 15.2. The maximum atomic E-state index is 2.45. The van der Waals surface area contributed by atoms with Crippen LogP contribution < -0.4 is 9.80 Å². The normalized spacial score (nSPS) is 14.6. The van der Waals surface area contributed by atoms with E-state index in [0.29, 0.717) is 0 Å². The molecule has 0 saturated heterocycles. The fourth-order valence-electron chi connectivity index (χ4n) is 9.48. The summed E-state index contributed by atoms with van der Waals surface area (Å²) in [5.41, 5.74) is 20.2. The van der Waals surface area contributed by atoms with E-state index in [9.17, 15) is 0 Å². The Balaban J connectivity index is 0.895. The summed E-state index contributed by atoms with van der Waals surface area (Å²) in [7, 11) is 0. The third kappa shape index (κ3) is 5.55. The number of para-hydroxylation sites is 4. The molecular weight excluding hydrogens is 689 g/mol. The van der Waals surface area contributed by atoms with Gasteiger partial charge in [-0.1, -0.05) is 153 Å². The van der Waals surface area contributed by atoms with Crippen molar-refractivity contribution < 1.29 is 0 Å². The summed E-state index contributed by atoms with van der Waals surface area (Å²) in [6.07, 6.45) is 11.1. The van der Waals surface area contributed by atoms with Gasteiger partial charge in [-0.05, 0) is 134 Å². The van der Waals surface area contributed by atoms with Crippen LogP contribution >= 0.6 is 0 Å². The van der Waals surface area contributed by atoms with E-state index in [1.807, 2.05) is 0 Å². The minimum absolute atomic E-state index is 0.150. The molecule has 2 heterocycles. The number of aryl methyl sites for hydroxylation is 2. The lowest BCUT2D eigenvalue weighted by Crippen LogP contribution is -2.17. The molecule has 272 valence electrons. The van der Waals surface area contributed by atoms with Crippen molar-refractivity contribution in [1.29, 1.82) is 0 Å². The molecule has 8 aromatic rings. The Morgan fingerprint density at radius 3 is 1.54 bits per heavy atom. The van der Waals surface area contributed by atoms with Gasteiger partial charge in [-0.3, -0.25) is 0 Å². The van der Waals surface area contributed by atoms with Crippen molar-refractivity contribution in [2.75, 3.05) is 9.80 Å². The lowest BCUT2D eigenvalue weighted by Gasteiger charge is -2.29. The van der Waals surface area contributed by atoms with Gasteiger partial charge in [0, 0.05) is 28.2 Å². The molecule has 0 aromatic heterocycles. The van der Waals surface area contributed by atoms with Crippen LogP contribution in [-0.4, -0.2) is 0 Å². The number of hydrogen-bond acceptors (Lipinski definition) is 2. The largest absolute Gasteiger partial charge is 0.310 e. The lowest BCUT2D eigenvalue weighted by molar-refractivity contribution is 0.660. The minimum atomic E-state index is -0.150. The lowest BCUT2D eigenvalue weighted by atomic mass is 9.81. The molecule has 2 nitrogen and oxygen atoms in total. The Morgan fingerprint density at radius 1 is 0.421 bits per heavy atom. The smallest absolute Gasteiger partial charge is 0.0534 e. The summed E-state index contributed by atoms with van der Waals surface area (Å²) in [6.45, 7) is 4.75. The maximum absolute atomic E-state index is 2.45. The van der Waals surface area contributed by atoms with Gasteiger partial charge in [0.1, 0.15) is 0 Å². The summed E-state index contributed by atoms with van der Waals surface area (Å²) in [6, 6.07) is 62.9. The van der Waals surface area contributed by atoms with Crippen molar-refractivity contribution in [2.45, 2.75) is 32.1 Å². The second-order valence-corrected chi connectivity index (χ2v) is 16.2. The monoisotopic (exact) mass is 730 g/mol. The fourth-order valence-corrected chi connectivity index (χ4v) is 9.48. The number of nitrogens with zero attached hydrogens (tertiary/aromatic N) is 2. The fraction of sp³-hybridized carbons (Fsp3) is 0.0909. The molecule has 8 aromatic carbocycles. The highest BCUT2D eigenvalue weighted by molar-refractivity contribution is 5.95. The highest BCUT2D eigenvalue weighted by Gasteiger charge is 2.36. The predicted molar refractivity (Wildman–Crippen MR) is 243 cm³/mol. The molecule has 0 amide bonds. The Morgan fingerprint density at radius 2 is 0.877 bits per heavy atom. The van der Waals surface area contributed by atoms with Crippen LogP contribution in [0.2, 0.25) is 0 Å². The molecule has 2 aliphatic heterocycles. The van der Waals surface area contributed by atoms with E-state index in [0.717, 1.165) is 12.8 Å². The molecule has 0 saturated carbocycles. The number of hydrogen-bond donors (Lipinski definition) is 0. The van der Waals surface area contributed by atoms with Gasteiger partial charge in [-0.25, -0.2) is 0 Å². The standard InChI is InChI=1S/C55H42N2/c1-55(2)49-34-38(22-31-47(49)48-32-30-46(36-50(48)55)57-53-17-9-5-13-41(53)26-27-42-14-6-10-18-54(42)57)20-19-37-21-23-44-35-45(29-28-43(44)33-37)56-51-15-7-3-11-39(51)24-25-40-12-4-8-16-52(40)56/h3-23,26-36H,24-25H2,1-2H3/b20-19+. The minimum Gasteiger partial charge on any atom is -0.310 e. The molecule has 0 atom stereocenters. The first kappa shape index (κ1) is 33.4. The van der Waals surface area contributed by atoms with Crippen LogP contribution in [0.15, 0.2) is 170 Å². The molecule has 0 fully saturated rings. The summed E-state index contributed by atoms with van der Waals surface area (Å²) < 4.78 is 0. The summed E-state index contributed by atoms with van der Waals surface area (Å²) in [4.78, 5) is 4.87. The molecule has 0 spiro atoms. The number of rotatable bonds is 4. The van der Waals surface area contributed by atoms with E-state index in [4.69, 9.17) is 0 Å². The molecule has 3 aliphatic rings. The molecule has 1 aliphatic carbocycles. The molecule has 11 rings (SSSR count). The van der Waals surface area contributed by atoms with Crippen LogP contribution in [0.25, 0.3) is 46.2 Å². The van der Waals surface area contributed by atoms with Gasteiger partial charge in [0.2, 0.25) is 0 Å². The maximum Gasteiger partial charge on any atom is 0.0534 e. The first-order valence-corrected chi connectivity index (χ1v) is 20.1. The number of benzene rings is 8. The van der Waals surface area contributed by atoms with Crippen molar-refractivity contribution in [1.82, 2.24) is 0 Å². The van der Waals surface area contributed by atoms with Crippen molar-refractivity contribution in [3.05, 3.63) is 214 Å². The first-order valence-electron chi connectivity index (χ1n) is 20.1. The van der Waals surface area contributed by atoms with Crippen LogP contribution in [0, 0.1) is 0 Å². The van der Waals surface area contributed by atoms with Crippen LogP contribution in [0.3, 0.4) is 0 Å². The molecule has 2 heteroatoms. The van der Waals surface area contributed by atoms with Crippen LogP contribution in [0.4, 0.5) is 34.1 Å². The third-order valence-corrected chi connectivity index (χ3v) is 12.4. The second-order valence-electron chi connectivity index (χ2n) is 16.2. The summed E-state index contributed by atoms with van der Waals surface area (Å²) in [5, 5.41) is 2.48. The van der Waals surface area contributed by atoms with E-state index in [-0.39, 0.29) is 5.41 Å². The zero-order valence-electron chi connectivity index (χ0n) is 32.3. The van der Waals surface area contributed by atoms with E-state index >= 15 is 0 Å². The van der Waals surface area contributed by atoms with Gasteiger partial charge in [0.05, 0.1) is 11.4 Å². The molecular formula is C55H42N2. The van der Waals surface area contributed by atoms with E-state index < -0.39 is 0 Å². The van der Waals surface area contributed by atoms with Gasteiger partial charge >= 0.3 is 0 Å². The van der Waals surface area contributed by atoms with Crippen LogP contribution in [-0.2, 0) is 18.3 Å². The van der Waals surface area contributed by atoms with Gasteiger partial charge in [0.15, 0.2) is 0 Å². The molecule has 57 heavy (non-hydrogen) atoms. The highest BCUT2D eigenvalue weighted by Crippen LogP contribution is 2.52. The second kappa shape index (κ2) is 13.1. The molecule has 0 N–H and O–H groups in total. The SMILES string of the molecule is CC1(C)c2cc(/C=C/c3ccc4cc(N5c6ccccc6CCc6ccccc65)ccc4c3)ccc2-c2ccc(N3c4ccccc4C=Cc4ccccc43)cc21. The average Bonchev–Trinajstić information content (AvgIpc) is 3.38. The summed E-state index contributed by atoms with van der Waals surface area (Å²) in [5.74, 6) is 0. The third-order valence-electron chi connectivity index (χ3n) is 12.4. The van der Waals surface area contributed by atoms with Crippen molar-refractivity contribution in [2.24, 2.45) is 0 Å². The first-order chi connectivity index (χ1) is 28.0. The van der Waals surface area contributed by atoms with E-state index in [1.165, 1.54) is 101 Å². The quantitative estimate of drug-likeness (QED) is 0.166. The Kier molecular flexibility index (Phi) is 7.69. The number of fused-ring (bicyclic) bond motifs is 8. The van der Waals surface area contributed by atoms with Crippen LogP contribution in [0.5, 0.6) is 0 Å². The van der Waals surface area contributed by atoms with E-state index in [1.54, 1.807) is 0 Å². The zero-order chi connectivity index (χ0) is 38.1. The summed E-state index contributed by atoms with van der Waals surface area (Å²) >= 11 is 0. The Labute approximate surface area is 335 Å². The van der Waals surface area contributed by atoms with Gasteiger partial charge < -0.3 is 9.80 Å². The van der Waals surface area contributed by atoms with Gasteiger partial charge in [-0.2, -0.15) is 0 Å². The molecule has 0 radical (unpaired) electrons. The van der Waals surface area contributed by atoms with Gasteiger partial charge in [-0.15, -0.1) is 0 Å². The predicted octanol–water partition coefficient (Wildman–Crippen LogP) is 14.8.